The zero-order chi connectivity index (χ0) is 18.8. The molecule has 0 heterocycles. The molecule has 0 fully saturated rings. The summed E-state index contributed by atoms with van der Waals surface area (Å²) in [5, 5.41) is 0. The van der Waals surface area contributed by atoms with E-state index in [9.17, 15) is 13.2 Å². The number of aryl methyl sites for hydroxylation is 2. The van der Waals surface area contributed by atoms with E-state index in [1.807, 2.05) is 26.0 Å². The monoisotopic (exact) mass is 350 g/mol. The second kappa shape index (κ2) is 7.51. The first kappa shape index (κ1) is 19.4. The zero-order valence-corrected chi connectivity index (χ0v) is 15.4. The lowest BCUT2D eigenvalue weighted by atomic mass is 9.86. The van der Waals surface area contributed by atoms with E-state index in [2.05, 4.69) is 37.6 Å². The van der Waals surface area contributed by atoms with Crippen molar-refractivity contribution in [1.29, 1.82) is 0 Å². The fraction of sp³-hybridized carbons (Fsp3) is 0.429. The number of hydrogen-bond donors (Lipinski definition) is 0. The van der Waals surface area contributed by atoms with Crippen LogP contribution in [0.25, 0.3) is 0 Å². The summed E-state index contributed by atoms with van der Waals surface area (Å²) < 4.78 is 41.9. The molecule has 2 aromatic carbocycles. The van der Waals surface area contributed by atoms with Gasteiger partial charge in [-0.3, -0.25) is 0 Å². The van der Waals surface area contributed by atoms with Crippen molar-refractivity contribution in [1.82, 2.24) is 0 Å². The molecule has 25 heavy (non-hydrogen) atoms. The van der Waals surface area contributed by atoms with E-state index in [0.717, 1.165) is 12.0 Å². The van der Waals surface area contributed by atoms with Crippen LogP contribution in [0, 0.1) is 13.8 Å². The second-order valence-electron chi connectivity index (χ2n) is 6.99. The van der Waals surface area contributed by atoms with Crippen LogP contribution in [0.3, 0.4) is 0 Å². The summed E-state index contributed by atoms with van der Waals surface area (Å²) in [7, 11) is 0. The van der Waals surface area contributed by atoms with Crippen molar-refractivity contribution in [3.05, 3.63) is 64.2 Å². The molecule has 0 N–H and O–H groups in total. The Morgan fingerprint density at radius 2 is 1.56 bits per heavy atom. The number of benzene rings is 2. The van der Waals surface area contributed by atoms with Gasteiger partial charge in [0.1, 0.15) is 5.75 Å². The van der Waals surface area contributed by atoms with Gasteiger partial charge in [0.25, 0.3) is 0 Å². The molecule has 0 saturated carbocycles. The molecule has 0 spiro atoms. The van der Waals surface area contributed by atoms with E-state index >= 15 is 0 Å². The molecule has 4 heteroatoms. The maximum Gasteiger partial charge on any atom is 0.573 e. The summed E-state index contributed by atoms with van der Waals surface area (Å²) in [6.45, 7) is 10.1. The summed E-state index contributed by atoms with van der Waals surface area (Å²) in [5.41, 5.74) is 5.41. The largest absolute Gasteiger partial charge is 0.573 e. The van der Waals surface area contributed by atoms with Crippen LogP contribution < -0.4 is 4.74 Å². The summed E-state index contributed by atoms with van der Waals surface area (Å²) in [6, 6.07) is 11.3. The highest BCUT2D eigenvalue weighted by Gasteiger charge is 2.32. The van der Waals surface area contributed by atoms with Gasteiger partial charge in [-0.1, -0.05) is 51.1 Å². The van der Waals surface area contributed by atoms with Gasteiger partial charge in [-0.25, -0.2) is 0 Å². The molecule has 136 valence electrons. The smallest absolute Gasteiger partial charge is 0.405 e. The first-order valence-electron chi connectivity index (χ1n) is 8.53. The third-order valence-electron chi connectivity index (χ3n) is 4.50. The zero-order valence-electron chi connectivity index (χ0n) is 15.4. The molecule has 0 amide bonds. The van der Waals surface area contributed by atoms with Gasteiger partial charge in [-0.05, 0) is 66.0 Å². The molecule has 2 aromatic rings. The van der Waals surface area contributed by atoms with Gasteiger partial charge in [0.05, 0.1) is 0 Å². The lowest BCUT2D eigenvalue weighted by molar-refractivity contribution is -0.274. The van der Waals surface area contributed by atoms with Crippen molar-refractivity contribution < 1.29 is 17.9 Å². The van der Waals surface area contributed by atoms with Gasteiger partial charge in [0.15, 0.2) is 0 Å². The van der Waals surface area contributed by atoms with Crippen LogP contribution in [0.1, 0.15) is 60.4 Å². The minimum Gasteiger partial charge on any atom is -0.405 e. The molecule has 1 unspecified atom stereocenters. The number of halogens is 3. The standard InChI is InChI=1S/C21H25F3O/c1-13(2)18-12-17(9-10-19(18)25-21(22,23)24)11-16(5)20-14(3)7-6-8-15(20)4/h6-10,12-13,16H,11H2,1-5H3. The maximum atomic E-state index is 12.6. The molecular formula is C21H25F3O. The van der Waals surface area contributed by atoms with Crippen molar-refractivity contribution in [2.24, 2.45) is 0 Å². The minimum atomic E-state index is -4.67. The van der Waals surface area contributed by atoms with Crippen molar-refractivity contribution in [2.75, 3.05) is 0 Å². The van der Waals surface area contributed by atoms with Crippen LogP contribution in [0.2, 0.25) is 0 Å². The molecule has 0 aromatic heterocycles. The summed E-state index contributed by atoms with van der Waals surface area (Å²) in [6.07, 6.45) is -3.89. The van der Waals surface area contributed by atoms with Crippen LogP contribution >= 0.6 is 0 Å². The molecule has 0 bridgehead atoms. The fourth-order valence-electron chi connectivity index (χ4n) is 3.45. The highest BCUT2D eigenvalue weighted by atomic mass is 19.4. The Morgan fingerprint density at radius 3 is 2.08 bits per heavy atom. The SMILES string of the molecule is Cc1cccc(C)c1C(C)Cc1ccc(OC(F)(F)F)c(C(C)C)c1. The fourth-order valence-corrected chi connectivity index (χ4v) is 3.45. The van der Waals surface area contributed by atoms with Crippen molar-refractivity contribution >= 4 is 0 Å². The van der Waals surface area contributed by atoms with Gasteiger partial charge in [-0.15, -0.1) is 13.2 Å². The van der Waals surface area contributed by atoms with E-state index in [1.54, 1.807) is 6.07 Å². The van der Waals surface area contributed by atoms with Gasteiger partial charge in [0.2, 0.25) is 0 Å². The molecular weight excluding hydrogens is 325 g/mol. The van der Waals surface area contributed by atoms with E-state index in [4.69, 9.17) is 0 Å². The second-order valence-corrected chi connectivity index (χ2v) is 6.99. The quantitative estimate of drug-likeness (QED) is 0.585. The Balaban J connectivity index is 2.30. The van der Waals surface area contributed by atoms with Gasteiger partial charge in [-0.2, -0.15) is 0 Å². The lowest BCUT2D eigenvalue weighted by Gasteiger charge is -2.20. The van der Waals surface area contributed by atoms with Crippen LogP contribution in [0.15, 0.2) is 36.4 Å². The summed E-state index contributed by atoms with van der Waals surface area (Å²) in [4.78, 5) is 0. The van der Waals surface area contributed by atoms with Crippen LogP contribution in [0.4, 0.5) is 13.2 Å². The number of ether oxygens (including phenoxy) is 1. The first-order valence-corrected chi connectivity index (χ1v) is 8.53. The van der Waals surface area contributed by atoms with E-state index in [1.165, 1.54) is 22.8 Å². The normalized spacial score (nSPS) is 13.2. The van der Waals surface area contributed by atoms with Crippen LogP contribution in [-0.2, 0) is 6.42 Å². The third kappa shape index (κ3) is 5.00. The predicted octanol–water partition coefficient (Wildman–Crippen LogP) is 6.67. The van der Waals surface area contributed by atoms with Crippen molar-refractivity contribution in [3.8, 4) is 5.75 Å². The predicted molar refractivity (Wildman–Crippen MR) is 95.2 cm³/mol. The lowest BCUT2D eigenvalue weighted by Crippen LogP contribution is -2.18. The van der Waals surface area contributed by atoms with Crippen molar-refractivity contribution in [3.63, 3.8) is 0 Å². The summed E-state index contributed by atoms with van der Waals surface area (Å²) in [5.74, 6) is 0.134. The Morgan fingerprint density at radius 1 is 0.960 bits per heavy atom. The number of hydrogen-bond acceptors (Lipinski definition) is 1. The average Bonchev–Trinajstić information content (AvgIpc) is 2.47. The minimum absolute atomic E-state index is 0.0483. The molecule has 2 rings (SSSR count). The Bertz CT molecular complexity index is 712. The Hall–Kier alpha value is -1.97. The van der Waals surface area contributed by atoms with Gasteiger partial charge < -0.3 is 4.74 Å². The molecule has 0 aliphatic carbocycles. The molecule has 1 nitrogen and oxygen atoms in total. The average molecular weight is 350 g/mol. The van der Waals surface area contributed by atoms with E-state index in [-0.39, 0.29) is 17.6 Å². The van der Waals surface area contributed by atoms with Gasteiger partial charge in [0, 0.05) is 0 Å². The van der Waals surface area contributed by atoms with E-state index in [0.29, 0.717) is 5.56 Å². The van der Waals surface area contributed by atoms with Crippen LogP contribution in [-0.4, -0.2) is 6.36 Å². The molecule has 0 aliphatic rings. The molecule has 0 aliphatic heterocycles. The van der Waals surface area contributed by atoms with Crippen molar-refractivity contribution in [2.45, 2.75) is 59.2 Å². The number of rotatable bonds is 5. The van der Waals surface area contributed by atoms with E-state index < -0.39 is 6.36 Å². The highest BCUT2D eigenvalue weighted by molar-refractivity contribution is 5.42. The highest BCUT2D eigenvalue weighted by Crippen LogP contribution is 2.34. The summed E-state index contributed by atoms with van der Waals surface area (Å²) >= 11 is 0. The first-order chi connectivity index (χ1) is 11.6. The Kier molecular flexibility index (Phi) is 5.81. The number of alkyl halides is 3. The Labute approximate surface area is 147 Å². The molecule has 0 radical (unpaired) electrons. The van der Waals surface area contributed by atoms with Gasteiger partial charge >= 0.3 is 6.36 Å². The maximum absolute atomic E-state index is 12.6. The van der Waals surface area contributed by atoms with Crippen LogP contribution in [0.5, 0.6) is 5.75 Å². The topological polar surface area (TPSA) is 9.23 Å². The molecule has 1 atom stereocenters. The third-order valence-corrected chi connectivity index (χ3v) is 4.50. The molecule has 0 saturated heterocycles.